The maximum Gasteiger partial charge on any atom is 0.130 e. The van der Waals surface area contributed by atoms with E-state index in [0.29, 0.717) is 6.61 Å². The van der Waals surface area contributed by atoms with Crippen LogP contribution < -0.4 is 9.47 Å². The van der Waals surface area contributed by atoms with Gasteiger partial charge in [0.05, 0.1) is 7.11 Å². The second-order valence-electron chi connectivity index (χ2n) is 3.56. The van der Waals surface area contributed by atoms with E-state index in [9.17, 15) is 0 Å². The molecule has 14 heavy (non-hydrogen) atoms. The number of hydrogen-bond donors (Lipinski definition) is 0. The molecule has 0 fully saturated rings. The predicted molar refractivity (Wildman–Crippen MR) is 56.8 cm³/mol. The van der Waals surface area contributed by atoms with E-state index in [-0.39, 0.29) is 0 Å². The Hall–Kier alpha value is -1.44. The number of benzene rings is 1. The van der Waals surface area contributed by atoms with E-state index in [1.54, 1.807) is 7.11 Å². The van der Waals surface area contributed by atoms with Crippen LogP contribution in [0.15, 0.2) is 23.8 Å². The summed E-state index contributed by atoms with van der Waals surface area (Å²) in [6, 6.07) is 5.95. The van der Waals surface area contributed by atoms with E-state index in [1.165, 1.54) is 16.7 Å². The Morgan fingerprint density at radius 3 is 2.79 bits per heavy atom. The zero-order valence-corrected chi connectivity index (χ0v) is 8.76. The van der Waals surface area contributed by atoms with Gasteiger partial charge in [0, 0.05) is 11.6 Å². The average molecular weight is 190 g/mol. The summed E-state index contributed by atoms with van der Waals surface area (Å²) in [6.45, 7) is 4.91. The van der Waals surface area contributed by atoms with E-state index < -0.39 is 0 Å². The third-order valence-electron chi connectivity index (χ3n) is 2.68. The molecule has 0 spiro atoms. The summed E-state index contributed by atoms with van der Waals surface area (Å²) < 4.78 is 10.8. The molecule has 1 aliphatic rings. The summed E-state index contributed by atoms with van der Waals surface area (Å²) >= 11 is 0. The number of hydrogen-bond acceptors (Lipinski definition) is 2. The molecule has 0 radical (unpaired) electrons. The van der Waals surface area contributed by atoms with Crippen LogP contribution in [0, 0.1) is 0 Å². The van der Waals surface area contributed by atoms with Gasteiger partial charge in [-0.1, -0.05) is 0 Å². The Morgan fingerprint density at radius 1 is 1.29 bits per heavy atom. The van der Waals surface area contributed by atoms with Gasteiger partial charge in [0.15, 0.2) is 0 Å². The second-order valence-corrected chi connectivity index (χ2v) is 3.56. The predicted octanol–water partition coefficient (Wildman–Crippen LogP) is 2.88. The molecule has 0 atom stereocenters. The molecule has 0 aromatic heterocycles. The van der Waals surface area contributed by atoms with Crippen LogP contribution in [0.5, 0.6) is 11.5 Å². The highest BCUT2D eigenvalue weighted by molar-refractivity contribution is 5.73. The van der Waals surface area contributed by atoms with Crippen molar-refractivity contribution in [2.24, 2.45) is 0 Å². The highest BCUT2D eigenvalue weighted by Crippen LogP contribution is 2.34. The minimum atomic E-state index is 0.687. The molecule has 1 aromatic rings. The van der Waals surface area contributed by atoms with Gasteiger partial charge in [-0.25, -0.2) is 0 Å². The quantitative estimate of drug-likeness (QED) is 0.678. The molecule has 1 heterocycles. The van der Waals surface area contributed by atoms with Crippen molar-refractivity contribution in [1.82, 2.24) is 0 Å². The number of methoxy groups -OCH3 is 1. The zero-order chi connectivity index (χ0) is 10.1. The number of ether oxygens (including phenoxy) is 2. The monoisotopic (exact) mass is 190 g/mol. The van der Waals surface area contributed by atoms with Gasteiger partial charge in [0.25, 0.3) is 0 Å². The molecule has 0 bridgehead atoms. The Balaban J connectivity index is 2.51. The Morgan fingerprint density at radius 2 is 2.07 bits per heavy atom. The van der Waals surface area contributed by atoms with Crippen LogP contribution in [0.1, 0.15) is 19.4 Å². The van der Waals surface area contributed by atoms with Crippen LogP contribution in [0.2, 0.25) is 0 Å². The van der Waals surface area contributed by atoms with E-state index in [0.717, 1.165) is 11.5 Å². The minimum Gasteiger partial charge on any atom is -0.497 e. The maximum absolute atomic E-state index is 5.61. The van der Waals surface area contributed by atoms with Gasteiger partial charge in [-0.05, 0) is 37.1 Å². The summed E-state index contributed by atoms with van der Waals surface area (Å²) in [5.74, 6) is 1.77. The van der Waals surface area contributed by atoms with Gasteiger partial charge in [0.1, 0.15) is 18.1 Å². The molecule has 0 unspecified atom stereocenters. The molecule has 2 nitrogen and oxygen atoms in total. The Bertz CT molecular complexity index is 391. The first-order valence-electron chi connectivity index (χ1n) is 4.70. The Labute approximate surface area is 84.2 Å². The largest absolute Gasteiger partial charge is 0.497 e. The maximum atomic E-state index is 5.61. The second kappa shape index (κ2) is 3.37. The zero-order valence-electron chi connectivity index (χ0n) is 8.76. The van der Waals surface area contributed by atoms with Crippen molar-refractivity contribution in [3.63, 3.8) is 0 Å². The summed E-state index contributed by atoms with van der Waals surface area (Å²) in [5.41, 5.74) is 3.78. The lowest BCUT2D eigenvalue weighted by atomic mass is 9.99. The molecule has 0 saturated carbocycles. The molecular formula is C12H14O2. The topological polar surface area (TPSA) is 18.5 Å². The highest BCUT2D eigenvalue weighted by Gasteiger charge is 2.14. The van der Waals surface area contributed by atoms with Gasteiger partial charge in [-0.3, -0.25) is 0 Å². The van der Waals surface area contributed by atoms with Crippen LogP contribution in [0.25, 0.3) is 5.57 Å². The molecule has 74 valence electrons. The first-order valence-corrected chi connectivity index (χ1v) is 4.70. The average Bonchev–Trinajstić information content (AvgIpc) is 2.23. The lowest BCUT2D eigenvalue weighted by molar-refractivity contribution is 0.341. The van der Waals surface area contributed by atoms with Crippen LogP contribution in [-0.4, -0.2) is 13.7 Å². The summed E-state index contributed by atoms with van der Waals surface area (Å²) in [5, 5.41) is 0. The van der Waals surface area contributed by atoms with Crippen LogP contribution >= 0.6 is 0 Å². The number of rotatable bonds is 1. The highest BCUT2D eigenvalue weighted by atomic mass is 16.5. The van der Waals surface area contributed by atoms with Crippen LogP contribution in [-0.2, 0) is 0 Å². The van der Waals surface area contributed by atoms with Gasteiger partial charge < -0.3 is 9.47 Å². The van der Waals surface area contributed by atoms with E-state index in [1.807, 2.05) is 18.2 Å². The lowest BCUT2D eigenvalue weighted by Crippen LogP contribution is -2.08. The van der Waals surface area contributed by atoms with E-state index >= 15 is 0 Å². The number of allylic oxidation sites excluding steroid dienone is 1. The fraction of sp³-hybridized carbons (Fsp3) is 0.333. The SMILES string of the molecule is COc1ccc2c(c1)OCC(C)=C2C. The van der Waals surface area contributed by atoms with Crippen molar-refractivity contribution in [2.45, 2.75) is 13.8 Å². The van der Waals surface area contributed by atoms with Crippen molar-refractivity contribution in [3.8, 4) is 11.5 Å². The van der Waals surface area contributed by atoms with Gasteiger partial charge in [-0.15, -0.1) is 0 Å². The fourth-order valence-corrected chi connectivity index (χ4v) is 1.58. The third-order valence-corrected chi connectivity index (χ3v) is 2.68. The van der Waals surface area contributed by atoms with Crippen molar-refractivity contribution in [1.29, 1.82) is 0 Å². The molecule has 2 rings (SSSR count). The smallest absolute Gasteiger partial charge is 0.130 e. The van der Waals surface area contributed by atoms with Gasteiger partial charge in [0.2, 0.25) is 0 Å². The van der Waals surface area contributed by atoms with Crippen molar-refractivity contribution in [2.75, 3.05) is 13.7 Å². The van der Waals surface area contributed by atoms with Crippen LogP contribution in [0.3, 0.4) is 0 Å². The van der Waals surface area contributed by atoms with Crippen molar-refractivity contribution in [3.05, 3.63) is 29.3 Å². The summed E-state index contributed by atoms with van der Waals surface area (Å²) in [7, 11) is 1.67. The van der Waals surface area contributed by atoms with Crippen molar-refractivity contribution >= 4 is 5.57 Å². The Kier molecular flexibility index (Phi) is 2.20. The normalized spacial score (nSPS) is 14.8. The van der Waals surface area contributed by atoms with E-state index in [2.05, 4.69) is 13.8 Å². The molecule has 1 aromatic carbocycles. The fourth-order valence-electron chi connectivity index (χ4n) is 1.58. The molecule has 2 heteroatoms. The number of fused-ring (bicyclic) bond motifs is 1. The molecule has 0 aliphatic carbocycles. The molecule has 0 amide bonds. The molecule has 1 aliphatic heterocycles. The standard InChI is InChI=1S/C12H14O2/c1-8-7-14-12-6-10(13-3)4-5-11(12)9(8)2/h4-6H,7H2,1-3H3. The molecular weight excluding hydrogens is 176 g/mol. The van der Waals surface area contributed by atoms with E-state index in [4.69, 9.17) is 9.47 Å². The van der Waals surface area contributed by atoms with Gasteiger partial charge >= 0.3 is 0 Å². The van der Waals surface area contributed by atoms with Gasteiger partial charge in [-0.2, -0.15) is 0 Å². The lowest BCUT2D eigenvalue weighted by Gasteiger charge is -2.20. The molecule has 0 saturated heterocycles. The summed E-state index contributed by atoms with van der Waals surface area (Å²) in [6.07, 6.45) is 0. The summed E-state index contributed by atoms with van der Waals surface area (Å²) in [4.78, 5) is 0. The first-order chi connectivity index (χ1) is 6.72. The first kappa shape index (κ1) is 9.13. The van der Waals surface area contributed by atoms with Crippen molar-refractivity contribution < 1.29 is 9.47 Å². The molecule has 0 N–H and O–H groups in total. The minimum absolute atomic E-state index is 0.687. The third kappa shape index (κ3) is 1.37. The van der Waals surface area contributed by atoms with Crippen LogP contribution in [0.4, 0.5) is 0 Å².